The number of esters is 1. The van der Waals surface area contributed by atoms with Gasteiger partial charge in [-0.1, -0.05) is 0 Å². The van der Waals surface area contributed by atoms with Gasteiger partial charge in [-0.2, -0.15) is 0 Å². The molecule has 0 saturated heterocycles. The molecule has 0 amide bonds. The molecular formula is C7H12O3. The zero-order chi connectivity index (χ0) is 7.98. The molecule has 0 radical (unpaired) electrons. The average molecular weight is 145 g/mol. The van der Waals surface area contributed by atoms with Crippen molar-refractivity contribution in [3.8, 4) is 0 Å². The Labute approximate surface area is 60.4 Å². The maximum absolute atomic E-state index is 10.5. The summed E-state index contributed by atoms with van der Waals surface area (Å²) in [5.41, 5.74) is 0. The topological polar surface area (TPSA) is 43.4 Å². The van der Waals surface area contributed by atoms with Crippen LogP contribution in [-0.2, 0) is 14.3 Å². The van der Waals surface area contributed by atoms with Gasteiger partial charge in [0.15, 0.2) is 0 Å². The predicted octanol–water partition coefficient (Wildman–Crippen LogP) is 0.919. The quantitative estimate of drug-likeness (QED) is 0.436. The fourth-order valence-electron chi connectivity index (χ4n) is 0.584. The van der Waals surface area contributed by atoms with Crippen LogP contribution in [0.2, 0.25) is 0 Å². The highest BCUT2D eigenvalue weighted by Crippen LogP contribution is 1.96. The van der Waals surface area contributed by atoms with E-state index in [1.54, 1.807) is 0 Å². The third-order valence-corrected chi connectivity index (χ3v) is 1.14. The number of hydrogen-bond donors (Lipinski definition) is 0. The Kier molecular flexibility index (Phi) is 4.54. The van der Waals surface area contributed by atoms with Crippen LogP contribution < -0.4 is 0 Å². The molecule has 0 aliphatic rings. The molecule has 0 aromatic heterocycles. The zero-order valence-corrected chi connectivity index (χ0v) is 6.35. The van der Waals surface area contributed by atoms with Gasteiger partial charge in [-0.15, -0.1) is 0 Å². The van der Waals surface area contributed by atoms with Crippen molar-refractivity contribution in [1.82, 2.24) is 0 Å². The molecule has 58 valence electrons. The fourth-order valence-corrected chi connectivity index (χ4v) is 0.584. The highest BCUT2D eigenvalue weighted by molar-refractivity contribution is 5.76. The lowest BCUT2D eigenvalue weighted by Crippen LogP contribution is -2.00. The largest absolute Gasteiger partial charge is 0.469 e. The first-order valence-corrected chi connectivity index (χ1v) is 3.23. The van der Waals surface area contributed by atoms with E-state index in [1.807, 2.05) is 0 Å². The van der Waals surface area contributed by atoms with Crippen LogP contribution in [0.15, 0.2) is 0 Å². The smallest absolute Gasteiger partial charge is 0.305 e. The van der Waals surface area contributed by atoms with E-state index in [0.29, 0.717) is 19.3 Å². The van der Waals surface area contributed by atoms with E-state index in [9.17, 15) is 9.59 Å². The van der Waals surface area contributed by atoms with Gasteiger partial charge in [-0.05, 0) is 13.3 Å². The van der Waals surface area contributed by atoms with Crippen molar-refractivity contribution >= 4 is 11.8 Å². The highest BCUT2D eigenvalue weighted by atomic mass is 16.5. The summed E-state index contributed by atoms with van der Waals surface area (Å²) < 4.78 is 4.38. The van der Waals surface area contributed by atoms with Gasteiger partial charge >= 0.3 is 5.97 Å². The molecule has 0 aliphatic heterocycles. The summed E-state index contributed by atoms with van der Waals surface area (Å²) in [4.78, 5) is 20.8. The van der Waals surface area contributed by atoms with E-state index in [4.69, 9.17) is 0 Å². The molecule has 10 heavy (non-hydrogen) atoms. The third kappa shape index (κ3) is 5.28. The Balaban J connectivity index is 3.20. The second kappa shape index (κ2) is 4.97. The maximum Gasteiger partial charge on any atom is 0.305 e. The van der Waals surface area contributed by atoms with Crippen LogP contribution in [-0.4, -0.2) is 18.9 Å². The Morgan fingerprint density at radius 3 is 2.30 bits per heavy atom. The van der Waals surface area contributed by atoms with Crippen LogP contribution in [0.1, 0.15) is 26.2 Å². The minimum Gasteiger partial charge on any atom is -0.469 e. The van der Waals surface area contributed by atoms with Crippen LogP contribution in [0.4, 0.5) is 0 Å². The summed E-state index contributed by atoms with van der Waals surface area (Å²) in [5, 5.41) is 0. The first-order chi connectivity index (χ1) is 4.66. The lowest BCUT2D eigenvalue weighted by molar-refractivity contribution is -0.140. The highest BCUT2D eigenvalue weighted by Gasteiger charge is 2.00. The summed E-state index contributed by atoms with van der Waals surface area (Å²) in [6.07, 6.45) is 1.41. The normalized spacial score (nSPS) is 9.00. The zero-order valence-electron chi connectivity index (χ0n) is 6.35. The second-order valence-corrected chi connectivity index (χ2v) is 2.13. The van der Waals surface area contributed by atoms with Crippen molar-refractivity contribution in [2.24, 2.45) is 0 Å². The second-order valence-electron chi connectivity index (χ2n) is 2.13. The molecule has 0 atom stereocenters. The van der Waals surface area contributed by atoms with Gasteiger partial charge in [0.2, 0.25) is 0 Å². The van der Waals surface area contributed by atoms with Crippen LogP contribution in [0, 0.1) is 0 Å². The number of methoxy groups -OCH3 is 1. The molecule has 0 bridgehead atoms. The van der Waals surface area contributed by atoms with Gasteiger partial charge in [-0.3, -0.25) is 4.79 Å². The molecule has 0 unspecified atom stereocenters. The van der Waals surface area contributed by atoms with Crippen molar-refractivity contribution in [3.63, 3.8) is 0 Å². The first kappa shape index (κ1) is 9.14. The molecule has 0 spiro atoms. The number of hydrogen-bond acceptors (Lipinski definition) is 3. The molecule has 0 heterocycles. The number of ketones is 1. The fraction of sp³-hybridized carbons (Fsp3) is 0.714. The monoisotopic (exact) mass is 145 g/mol. The number of carbonyl (C=O) groups excluding carboxylic acids is 2. The van der Waals surface area contributed by atoms with Gasteiger partial charge in [0, 0.05) is 12.8 Å². The van der Waals surface area contributed by atoms with Crippen molar-refractivity contribution in [2.45, 2.75) is 26.2 Å². The minimum atomic E-state index is -0.249. The summed E-state index contributed by atoms with van der Waals surface area (Å²) in [6.45, 7) is 1.51. The van der Waals surface area contributed by atoms with Gasteiger partial charge in [0.05, 0.1) is 7.11 Å². The molecule has 3 nitrogen and oxygen atoms in total. The molecule has 3 heteroatoms. The maximum atomic E-state index is 10.5. The van der Waals surface area contributed by atoms with Crippen LogP contribution in [0.5, 0.6) is 0 Å². The van der Waals surface area contributed by atoms with Crippen molar-refractivity contribution in [2.75, 3.05) is 7.11 Å². The van der Waals surface area contributed by atoms with E-state index >= 15 is 0 Å². The van der Waals surface area contributed by atoms with Crippen molar-refractivity contribution < 1.29 is 14.3 Å². The Morgan fingerprint density at radius 2 is 1.90 bits per heavy atom. The van der Waals surface area contributed by atoms with Gasteiger partial charge in [-0.25, -0.2) is 0 Å². The number of carbonyl (C=O) groups is 2. The third-order valence-electron chi connectivity index (χ3n) is 1.14. The van der Waals surface area contributed by atoms with Crippen molar-refractivity contribution in [3.05, 3.63) is 0 Å². The van der Waals surface area contributed by atoms with E-state index in [1.165, 1.54) is 14.0 Å². The van der Waals surface area contributed by atoms with Crippen LogP contribution in [0.3, 0.4) is 0 Å². The molecular weight excluding hydrogens is 133 g/mol. The van der Waals surface area contributed by atoms with Gasteiger partial charge < -0.3 is 9.53 Å². The van der Waals surface area contributed by atoms with E-state index in [2.05, 4.69) is 4.74 Å². The standard InChI is InChI=1S/C7H12O3/c1-6(8)4-3-5-7(9)10-2/h3-5H2,1-2H3/i1+1. The van der Waals surface area contributed by atoms with E-state index < -0.39 is 0 Å². The summed E-state index contributed by atoms with van der Waals surface area (Å²) in [5.74, 6) is -0.134. The Bertz CT molecular complexity index is 129. The lowest BCUT2D eigenvalue weighted by Gasteiger charge is -1.95. The first-order valence-electron chi connectivity index (χ1n) is 3.23. The van der Waals surface area contributed by atoms with Crippen LogP contribution in [0.25, 0.3) is 0 Å². The molecule has 0 rings (SSSR count). The molecule has 0 aromatic carbocycles. The van der Waals surface area contributed by atoms with Crippen molar-refractivity contribution in [1.29, 1.82) is 0 Å². The molecule has 0 fully saturated rings. The molecule has 0 aliphatic carbocycles. The molecule has 0 saturated carbocycles. The minimum absolute atomic E-state index is 0.115. The molecule has 0 N–H and O–H groups in total. The lowest BCUT2D eigenvalue weighted by atomic mass is 10.2. The SMILES string of the molecule is COC(=O)CCCC([13CH3])=O. The number of rotatable bonds is 4. The summed E-state index contributed by atoms with van der Waals surface area (Å²) in [6, 6.07) is 0. The van der Waals surface area contributed by atoms with Gasteiger partial charge in [0.1, 0.15) is 5.78 Å². The van der Waals surface area contributed by atoms with Crippen LogP contribution >= 0.6 is 0 Å². The molecule has 0 aromatic rings. The van der Waals surface area contributed by atoms with Gasteiger partial charge in [0.25, 0.3) is 0 Å². The van der Waals surface area contributed by atoms with E-state index in [-0.39, 0.29) is 11.8 Å². The van der Waals surface area contributed by atoms with E-state index in [0.717, 1.165) is 0 Å². The predicted molar refractivity (Wildman–Crippen MR) is 36.5 cm³/mol. The Morgan fingerprint density at radius 1 is 1.30 bits per heavy atom. The summed E-state index contributed by atoms with van der Waals surface area (Å²) >= 11 is 0. The Hall–Kier alpha value is -0.860. The number of Topliss-reactive ketones (excluding diaryl/α,β-unsaturated/α-hetero) is 1. The number of ether oxygens (including phenoxy) is 1. The average Bonchev–Trinajstić information content (AvgIpc) is 1.87. The summed E-state index contributed by atoms with van der Waals surface area (Å²) in [7, 11) is 1.34.